The van der Waals surface area contributed by atoms with Gasteiger partial charge in [-0.1, -0.05) is 15.9 Å². The van der Waals surface area contributed by atoms with Crippen molar-refractivity contribution in [2.45, 2.75) is 13.5 Å². The van der Waals surface area contributed by atoms with Crippen LogP contribution in [-0.4, -0.2) is 15.1 Å². The topological polar surface area (TPSA) is 17.8 Å². The SMILES string of the molecule is Cc1nn(CCBr)cc1Br. The van der Waals surface area contributed by atoms with Gasteiger partial charge in [-0.3, -0.25) is 4.68 Å². The molecule has 56 valence electrons. The van der Waals surface area contributed by atoms with E-state index in [1.807, 2.05) is 17.8 Å². The number of rotatable bonds is 2. The van der Waals surface area contributed by atoms with Crippen LogP contribution in [0, 0.1) is 6.92 Å². The first-order valence-electron chi connectivity index (χ1n) is 2.99. The number of hydrogen-bond donors (Lipinski definition) is 0. The maximum Gasteiger partial charge on any atom is 0.0735 e. The second-order valence-corrected chi connectivity index (χ2v) is 3.66. The van der Waals surface area contributed by atoms with E-state index in [9.17, 15) is 0 Å². The van der Waals surface area contributed by atoms with Gasteiger partial charge < -0.3 is 0 Å². The van der Waals surface area contributed by atoms with Crippen molar-refractivity contribution < 1.29 is 0 Å². The number of hydrogen-bond acceptors (Lipinski definition) is 1. The quantitative estimate of drug-likeness (QED) is 0.753. The maximum absolute atomic E-state index is 4.24. The zero-order valence-electron chi connectivity index (χ0n) is 5.64. The first kappa shape index (κ1) is 8.27. The van der Waals surface area contributed by atoms with Gasteiger partial charge in [0.05, 0.1) is 16.7 Å². The van der Waals surface area contributed by atoms with Crippen molar-refractivity contribution in [1.29, 1.82) is 0 Å². The fourth-order valence-electron chi connectivity index (χ4n) is 0.695. The van der Waals surface area contributed by atoms with Crippen molar-refractivity contribution >= 4 is 31.9 Å². The third kappa shape index (κ3) is 1.83. The molecule has 2 nitrogen and oxygen atoms in total. The van der Waals surface area contributed by atoms with Crippen LogP contribution >= 0.6 is 31.9 Å². The minimum atomic E-state index is 0.923. The lowest BCUT2D eigenvalue weighted by molar-refractivity contribution is 0.662. The highest BCUT2D eigenvalue weighted by molar-refractivity contribution is 9.10. The molecule has 1 rings (SSSR count). The molecule has 4 heteroatoms. The molecule has 0 spiro atoms. The molecule has 0 fully saturated rings. The van der Waals surface area contributed by atoms with Crippen molar-refractivity contribution in [3.63, 3.8) is 0 Å². The summed E-state index contributed by atoms with van der Waals surface area (Å²) in [6.45, 7) is 2.90. The summed E-state index contributed by atoms with van der Waals surface area (Å²) in [6, 6.07) is 0. The second kappa shape index (κ2) is 3.53. The van der Waals surface area contributed by atoms with Gasteiger partial charge in [0.1, 0.15) is 0 Å². The lowest BCUT2D eigenvalue weighted by Gasteiger charge is -1.92. The summed E-state index contributed by atoms with van der Waals surface area (Å²) in [4.78, 5) is 0. The molecule has 1 aromatic heterocycles. The van der Waals surface area contributed by atoms with Gasteiger partial charge in [-0.2, -0.15) is 5.10 Å². The smallest absolute Gasteiger partial charge is 0.0735 e. The van der Waals surface area contributed by atoms with Crippen LogP contribution in [0.2, 0.25) is 0 Å². The van der Waals surface area contributed by atoms with Crippen LogP contribution in [0.3, 0.4) is 0 Å². The zero-order chi connectivity index (χ0) is 7.56. The lowest BCUT2D eigenvalue weighted by atomic mass is 10.5. The van der Waals surface area contributed by atoms with Crippen molar-refractivity contribution in [1.82, 2.24) is 9.78 Å². The number of aromatic nitrogens is 2. The van der Waals surface area contributed by atoms with Gasteiger partial charge in [-0.05, 0) is 22.9 Å². The summed E-state index contributed by atoms with van der Waals surface area (Å²) < 4.78 is 2.99. The Kier molecular flexibility index (Phi) is 2.92. The Morgan fingerprint density at radius 1 is 1.70 bits per heavy atom. The Morgan fingerprint density at radius 3 is 2.80 bits per heavy atom. The van der Waals surface area contributed by atoms with E-state index in [1.165, 1.54) is 0 Å². The molecular formula is C6H8Br2N2. The van der Waals surface area contributed by atoms with Gasteiger partial charge in [0.25, 0.3) is 0 Å². The molecule has 0 aliphatic heterocycles. The molecule has 0 N–H and O–H groups in total. The minimum absolute atomic E-state index is 0.923. The third-order valence-electron chi connectivity index (χ3n) is 1.20. The zero-order valence-corrected chi connectivity index (χ0v) is 8.81. The Labute approximate surface area is 76.9 Å². The van der Waals surface area contributed by atoms with Crippen LogP contribution < -0.4 is 0 Å². The molecule has 0 saturated heterocycles. The highest BCUT2D eigenvalue weighted by Gasteiger charge is 1.98. The molecule has 10 heavy (non-hydrogen) atoms. The minimum Gasteiger partial charge on any atom is -0.270 e. The average Bonchev–Trinajstić information content (AvgIpc) is 2.14. The van der Waals surface area contributed by atoms with Crippen LogP contribution in [0.25, 0.3) is 0 Å². The first-order valence-corrected chi connectivity index (χ1v) is 4.91. The summed E-state index contributed by atoms with van der Waals surface area (Å²) in [6.07, 6.45) is 1.98. The Morgan fingerprint density at radius 2 is 2.40 bits per heavy atom. The number of aryl methyl sites for hydroxylation is 2. The molecule has 0 unspecified atom stereocenters. The summed E-state index contributed by atoms with van der Waals surface area (Å²) >= 11 is 6.73. The third-order valence-corrected chi connectivity index (χ3v) is 2.33. The predicted molar refractivity (Wildman–Crippen MR) is 48.5 cm³/mol. The standard InChI is InChI=1S/C6H8Br2N2/c1-5-6(8)4-10(9-5)3-2-7/h4H,2-3H2,1H3. The number of alkyl halides is 1. The molecule has 1 heterocycles. The van der Waals surface area contributed by atoms with E-state index in [4.69, 9.17) is 0 Å². The molecule has 0 saturated carbocycles. The van der Waals surface area contributed by atoms with Crippen LogP contribution in [0.1, 0.15) is 5.69 Å². The highest BCUT2D eigenvalue weighted by Crippen LogP contribution is 2.12. The molecular weight excluding hydrogens is 260 g/mol. The molecule has 0 aromatic carbocycles. The van der Waals surface area contributed by atoms with E-state index in [-0.39, 0.29) is 0 Å². The van der Waals surface area contributed by atoms with Crippen LogP contribution in [0.4, 0.5) is 0 Å². The molecule has 0 bridgehead atoms. The molecule has 1 aromatic rings. The van der Waals surface area contributed by atoms with Gasteiger partial charge in [-0.25, -0.2) is 0 Å². The van der Waals surface area contributed by atoms with Crippen molar-refractivity contribution in [2.24, 2.45) is 0 Å². The highest BCUT2D eigenvalue weighted by atomic mass is 79.9. The van der Waals surface area contributed by atoms with Crippen LogP contribution in [0.15, 0.2) is 10.7 Å². The summed E-state index contributed by atoms with van der Waals surface area (Å²) in [5, 5.41) is 5.18. The van der Waals surface area contributed by atoms with Gasteiger partial charge in [-0.15, -0.1) is 0 Å². The lowest BCUT2D eigenvalue weighted by Crippen LogP contribution is -1.98. The molecule has 0 atom stereocenters. The van der Waals surface area contributed by atoms with Gasteiger partial charge >= 0.3 is 0 Å². The molecule has 0 amide bonds. The fraction of sp³-hybridized carbons (Fsp3) is 0.500. The molecule has 0 aliphatic rings. The summed E-state index contributed by atoms with van der Waals surface area (Å²) in [7, 11) is 0. The first-order chi connectivity index (χ1) is 4.74. The summed E-state index contributed by atoms with van der Waals surface area (Å²) in [5.41, 5.74) is 1.04. The van der Waals surface area contributed by atoms with Crippen LogP contribution in [-0.2, 0) is 6.54 Å². The van der Waals surface area contributed by atoms with Gasteiger partial charge in [0.2, 0.25) is 0 Å². The summed E-state index contributed by atoms with van der Waals surface area (Å²) in [5.74, 6) is 0. The van der Waals surface area contributed by atoms with Crippen LogP contribution in [0.5, 0.6) is 0 Å². The van der Waals surface area contributed by atoms with Gasteiger partial charge in [0.15, 0.2) is 0 Å². The monoisotopic (exact) mass is 266 g/mol. The van der Waals surface area contributed by atoms with Crippen molar-refractivity contribution in [3.05, 3.63) is 16.4 Å². The van der Waals surface area contributed by atoms with E-state index in [1.54, 1.807) is 0 Å². The average molecular weight is 268 g/mol. The van der Waals surface area contributed by atoms with E-state index >= 15 is 0 Å². The number of nitrogens with zero attached hydrogens (tertiary/aromatic N) is 2. The Bertz CT molecular complexity index is 200. The van der Waals surface area contributed by atoms with E-state index in [2.05, 4.69) is 37.0 Å². The number of halogens is 2. The normalized spacial score (nSPS) is 10.3. The maximum atomic E-state index is 4.24. The predicted octanol–water partition coefficient (Wildman–Crippen LogP) is 2.35. The fourth-order valence-corrected chi connectivity index (χ4v) is 1.37. The molecule has 0 radical (unpaired) electrons. The van der Waals surface area contributed by atoms with Crippen molar-refractivity contribution in [2.75, 3.05) is 5.33 Å². The van der Waals surface area contributed by atoms with E-state index in [0.29, 0.717) is 0 Å². The van der Waals surface area contributed by atoms with Gasteiger partial charge in [0, 0.05) is 11.5 Å². The van der Waals surface area contributed by atoms with Crippen molar-refractivity contribution in [3.8, 4) is 0 Å². The Balaban J connectivity index is 2.77. The Hall–Kier alpha value is 0.170. The largest absolute Gasteiger partial charge is 0.270 e. The second-order valence-electron chi connectivity index (χ2n) is 2.01. The molecule has 0 aliphatic carbocycles. The van der Waals surface area contributed by atoms with E-state index < -0.39 is 0 Å². The van der Waals surface area contributed by atoms with E-state index in [0.717, 1.165) is 22.0 Å².